The average molecular weight is 284 g/mol. The SMILES string of the molecule is CC1(C(=O)Nc2ccncc2Br)CCNC1. The van der Waals surface area contributed by atoms with E-state index in [1.54, 1.807) is 18.5 Å². The Balaban J connectivity index is 2.10. The zero-order valence-corrected chi connectivity index (χ0v) is 10.7. The fraction of sp³-hybridized carbons (Fsp3) is 0.455. The van der Waals surface area contributed by atoms with E-state index >= 15 is 0 Å². The van der Waals surface area contributed by atoms with Crippen LogP contribution >= 0.6 is 15.9 Å². The van der Waals surface area contributed by atoms with Crippen molar-refractivity contribution in [2.45, 2.75) is 13.3 Å². The van der Waals surface area contributed by atoms with Crippen molar-refractivity contribution in [1.82, 2.24) is 10.3 Å². The highest BCUT2D eigenvalue weighted by atomic mass is 79.9. The van der Waals surface area contributed by atoms with Crippen molar-refractivity contribution in [3.8, 4) is 0 Å². The molecule has 0 radical (unpaired) electrons. The van der Waals surface area contributed by atoms with Crippen molar-refractivity contribution in [3.05, 3.63) is 22.9 Å². The molecule has 0 aromatic carbocycles. The van der Waals surface area contributed by atoms with E-state index in [0.29, 0.717) is 0 Å². The lowest BCUT2D eigenvalue weighted by atomic mass is 9.89. The van der Waals surface area contributed by atoms with Gasteiger partial charge in [-0.05, 0) is 41.9 Å². The third kappa shape index (κ3) is 2.25. The minimum Gasteiger partial charge on any atom is -0.324 e. The molecule has 2 N–H and O–H groups in total. The molecular weight excluding hydrogens is 270 g/mol. The molecule has 1 aromatic heterocycles. The van der Waals surface area contributed by atoms with Gasteiger partial charge in [0.25, 0.3) is 0 Å². The number of carbonyl (C=O) groups is 1. The van der Waals surface area contributed by atoms with Crippen LogP contribution in [0.1, 0.15) is 13.3 Å². The molecule has 2 heterocycles. The van der Waals surface area contributed by atoms with Crippen LogP contribution in [0.3, 0.4) is 0 Å². The normalized spacial score (nSPS) is 24.4. The highest BCUT2D eigenvalue weighted by molar-refractivity contribution is 9.10. The van der Waals surface area contributed by atoms with E-state index in [9.17, 15) is 4.79 Å². The van der Waals surface area contributed by atoms with E-state index in [-0.39, 0.29) is 11.3 Å². The van der Waals surface area contributed by atoms with Gasteiger partial charge in [0.15, 0.2) is 0 Å². The highest BCUT2D eigenvalue weighted by Crippen LogP contribution is 2.28. The molecule has 86 valence electrons. The van der Waals surface area contributed by atoms with Gasteiger partial charge in [-0.25, -0.2) is 0 Å². The van der Waals surface area contributed by atoms with Crippen molar-refractivity contribution < 1.29 is 4.79 Å². The van der Waals surface area contributed by atoms with Crippen LogP contribution in [0.25, 0.3) is 0 Å². The Morgan fingerprint density at radius 2 is 2.50 bits per heavy atom. The maximum Gasteiger partial charge on any atom is 0.231 e. The topological polar surface area (TPSA) is 54.0 Å². The standard InChI is InChI=1S/C11H14BrN3O/c1-11(3-5-14-7-11)10(16)15-9-2-4-13-6-8(9)12/h2,4,6,14H,3,5,7H2,1H3,(H,13,15,16). The Kier molecular flexibility index (Phi) is 3.25. The molecule has 1 aromatic rings. The molecule has 1 amide bonds. The van der Waals surface area contributed by atoms with Gasteiger partial charge in [0.2, 0.25) is 5.91 Å². The molecular formula is C11H14BrN3O. The van der Waals surface area contributed by atoms with Crippen LogP contribution in [0.2, 0.25) is 0 Å². The van der Waals surface area contributed by atoms with Gasteiger partial charge in [-0.3, -0.25) is 9.78 Å². The lowest BCUT2D eigenvalue weighted by Crippen LogP contribution is -2.35. The van der Waals surface area contributed by atoms with Gasteiger partial charge in [-0.2, -0.15) is 0 Å². The van der Waals surface area contributed by atoms with Gasteiger partial charge in [-0.15, -0.1) is 0 Å². The maximum atomic E-state index is 12.1. The number of halogens is 1. The predicted octanol–water partition coefficient (Wildman–Crippen LogP) is 1.78. The summed E-state index contributed by atoms with van der Waals surface area (Å²) >= 11 is 3.36. The molecule has 1 aliphatic heterocycles. The van der Waals surface area contributed by atoms with Crippen LogP contribution in [0.5, 0.6) is 0 Å². The van der Waals surface area contributed by atoms with E-state index in [0.717, 1.165) is 29.7 Å². The Labute approximate surface area is 103 Å². The summed E-state index contributed by atoms with van der Waals surface area (Å²) < 4.78 is 0.804. The summed E-state index contributed by atoms with van der Waals surface area (Å²) in [6, 6.07) is 1.79. The van der Waals surface area contributed by atoms with Crippen LogP contribution < -0.4 is 10.6 Å². The van der Waals surface area contributed by atoms with Crippen LogP contribution in [-0.2, 0) is 4.79 Å². The molecule has 1 unspecified atom stereocenters. The minimum absolute atomic E-state index is 0.0596. The molecule has 0 spiro atoms. The summed E-state index contributed by atoms with van der Waals surface area (Å²) in [6.45, 7) is 3.63. The maximum absolute atomic E-state index is 12.1. The number of amides is 1. The van der Waals surface area contributed by atoms with Crippen LogP contribution in [0, 0.1) is 5.41 Å². The third-order valence-corrected chi connectivity index (χ3v) is 3.57. The molecule has 1 fully saturated rings. The lowest BCUT2D eigenvalue weighted by molar-refractivity contribution is -0.123. The van der Waals surface area contributed by atoms with E-state index in [2.05, 4.69) is 31.5 Å². The van der Waals surface area contributed by atoms with Crippen molar-refractivity contribution in [3.63, 3.8) is 0 Å². The fourth-order valence-electron chi connectivity index (χ4n) is 1.76. The number of nitrogens with one attached hydrogen (secondary N) is 2. The molecule has 1 saturated heterocycles. The number of aromatic nitrogens is 1. The van der Waals surface area contributed by atoms with Gasteiger partial charge < -0.3 is 10.6 Å². The van der Waals surface area contributed by atoms with Gasteiger partial charge in [-0.1, -0.05) is 0 Å². The van der Waals surface area contributed by atoms with Gasteiger partial charge >= 0.3 is 0 Å². The number of hydrogen-bond acceptors (Lipinski definition) is 3. The highest BCUT2D eigenvalue weighted by Gasteiger charge is 2.36. The minimum atomic E-state index is -0.303. The second-order valence-electron chi connectivity index (χ2n) is 4.30. The Morgan fingerprint density at radius 3 is 3.12 bits per heavy atom. The monoisotopic (exact) mass is 283 g/mol. The van der Waals surface area contributed by atoms with Crippen molar-refractivity contribution in [1.29, 1.82) is 0 Å². The first-order chi connectivity index (χ1) is 7.62. The number of pyridine rings is 1. The fourth-order valence-corrected chi connectivity index (χ4v) is 2.11. The van der Waals surface area contributed by atoms with Gasteiger partial charge in [0, 0.05) is 18.9 Å². The first-order valence-corrected chi connectivity index (χ1v) is 6.03. The lowest BCUT2D eigenvalue weighted by Gasteiger charge is -2.21. The van der Waals surface area contributed by atoms with Crippen molar-refractivity contribution in [2.75, 3.05) is 18.4 Å². The Morgan fingerprint density at radius 1 is 1.69 bits per heavy atom. The second-order valence-corrected chi connectivity index (χ2v) is 5.15. The summed E-state index contributed by atoms with van der Waals surface area (Å²) in [5.74, 6) is 0.0596. The second kappa shape index (κ2) is 4.51. The molecule has 5 heteroatoms. The van der Waals surface area contributed by atoms with Gasteiger partial charge in [0.05, 0.1) is 15.6 Å². The number of nitrogens with zero attached hydrogens (tertiary/aromatic N) is 1. The molecule has 1 aliphatic rings. The molecule has 0 saturated carbocycles. The number of hydrogen-bond donors (Lipinski definition) is 2. The van der Waals surface area contributed by atoms with Crippen molar-refractivity contribution >= 4 is 27.5 Å². The zero-order valence-electron chi connectivity index (χ0n) is 9.09. The van der Waals surface area contributed by atoms with E-state index < -0.39 is 0 Å². The predicted molar refractivity (Wildman–Crippen MR) is 66.2 cm³/mol. The average Bonchev–Trinajstić information content (AvgIpc) is 2.70. The summed E-state index contributed by atoms with van der Waals surface area (Å²) in [6.07, 6.45) is 4.21. The first kappa shape index (κ1) is 11.5. The summed E-state index contributed by atoms with van der Waals surface area (Å²) in [5, 5.41) is 6.14. The van der Waals surface area contributed by atoms with Crippen LogP contribution in [0.15, 0.2) is 22.9 Å². The Hall–Kier alpha value is -0.940. The third-order valence-electron chi connectivity index (χ3n) is 2.94. The largest absolute Gasteiger partial charge is 0.324 e. The van der Waals surface area contributed by atoms with Crippen LogP contribution in [0.4, 0.5) is 5.69 Å². The number of anilines is 1. The summed E-state index contributed by atoms with van der Waals surface area (Å²) in [4.78, 5) is 16.1. The van der Waals surface area contributed by atoms with Gasteiger partial charge in [0.1, 0.15) is 0 Å². The van der Waals surface area contributed by atoms with E-state index in [4.69, 9.17) is 0 Å². The smallest absolute Gasteiger partial charge is 0.231 e. The summed E-state index contributed by atoms with van der Waals surface area (Å²) in [5.41, 5.74) is 0.469. The molecule has 2 rings (SSSR count). The number of rotatable bonds is 2. The molecule has 4 nitrogen and oxygen atoms in total. The molecule has 1 atom stereocenters. The van der Waals surface area contributed by atoms with E-state index in [1.807, 2.05) is 6.92 Å². The number of carbonyl (C=O) groups excluding carboxylic acids is 1. The van der Waals surface area contributed by atoms with E-state index in [1.165, 1.54) is 0 Å². The molecule has 16 heavy (non-hydrogen) atoms. The quantitative estimate of drug-likeness (QED) is 0.870. The first-order valence-electron chi connectivity index (χ1n) is 5.23. The zero-order chi connectivity index (χ0) is 11.6. The molecule has 0 bridgehead atoms. The van der Waals surface area contributed by atoms with Crippen LogP contribution in [-0.4, -0.2) is 24.0 Å². The van der Waals surface area contributed by atoms with Crippen molar-refractivity contribution in [2.24, 2.45) is 5.41 Å². The molecule has 0 aliphatic carbocycles. The summed E-state index contributed by atoms with van der Waals surface area (Å²) in [7, 11) is 0. The Bertz CT molecular complexity index is 402.